The molecular formula is C21H36N2O6Si. The Balaban J connectivity index is 1.82. The standard InChI is InChI=1S/C21H36N2O6Si/c1-20(2,3)30(5,6)27-14-15-13-21(4,29-17-9-7-8-12-26-17)18(28-15)23-11-10-16(24)22-19(23)25/h10-11,15,17-18H,7-9,12-14H2,1-6H3,(H,22,24,25)/t15-,17?,18+,21+/m0/s1. The smallest absolute Gasteiger partial charge is 0.330 e. The molecule has 1 unspecified atom stereocenters. The quantitative estimate of drug-likeness (QED) is 0.683. The van der Waals surface area contributed by atoms with Crippen molar-refractivity contribution in [3.8, 4) is 0 Å². The number of rotatable bonds is 6. The summed E-state index contributed by atoms with van der Waals surface area (Å²) in [4.78, 5) is 26.3. The SMILES string of the molecule is CC(C)(C)[Si](C)(C)OC[C@@H]1C[C@@](C)(OC2CCCCO2)[C@H](n2ccc(=O)[nH]c2=O)O1. The van der Waals surface area contributed by atoms with Gasteiger partial charge in [0.15, 0.2) is 20.8 Å². The first kappa shape index (κ1) is 23.4. The molecule has 1 N–H and O–H groups in total. The van der Waals surface area contributed by atoms with Gasteiger partial charge in [-0.15, -0.1) is 0 Å². The van der Waals surface area contributed by atoms with Crippen LogP contribution in [0.4, 0.5) is 0 Å². The zero-order valence-electron chi connectivity index (χ0n) is 19.0. The number of ether oxygens (including phenoxy) is 3. The minimum absolute atomic E-state index is 0.0939. The van der Waals surface area contributed by atoms with E-state index in [1.165, 1.54) is 16.8 Å². The zero-order chi connectivity index (χ0) is 22.2. The van der Waals surface area contributed by atoms with E-state index in [9.17, 15) is 9.59 Å². The molecule has 4 atom stereocenters. The first-order valence-electron chi connectivity index (χ1n) is 10.8. The van der Waals surface area contributed by atoms with E-state index in [4.69, 9.17) is 18.6 Å². The molecule has 0 aliphatic carbocycles. The van der Waals surface area contributed by atoms with Crippen LogP contribution in [0, 0.1) is 0 Å². The Bertz CT molecular complexity index is 839. The van der Waals surface area contributed by atoms with E-state index in [-0.39, 0.29) is 17.4 Å². The molecule has 1 aromatic heterocycles. The van der Waals surface area contributed by atoms with Crippen LogP contribution in [-0.2, 0) is 18.6 Å². The first-order chi connectivity index (χ1) is 13.9. The second-order valence-corrected chi connectivity index (χ2v) is 14.9. The van der Waals surface area contributed by atoms with E-state index in [1.54, 1.807) is 0 Å². The molecule has 1 aromatic rings. The Kier molecular flexibility index (Phi) is 6.79. The van der Waals surface area contributed by atoms with Crippen LogP contribution in [0.3, 0.4) is 0 Å². The fourth-order valence-corrected chi connectivity index (χ4v) is 4.76. The predicted molar refractivity (Wildman–Crippen MR) is 116 cm³/mol. The number of H-pyrrole nitrogens is 1. The number of aromatic nitrogens is 2. The van der Waals surface area contributed by atoms with E-state index in [1.807, 2.05) is 6.92 Å². The predicted octanol–water partition coefficient (Wildman–Crippen LogP) is 3.15. The van der Waals surface area contributed by atoms with Crippen LogP contribution in [0.5, 0.6) is 0 Å². The molecule has 2 aliphatic rings. The molecule has 8 nitrogen and oxygen atoms in total. The monoisotopic (exact) mass is 440 g/mol. The van der Waals surface area contributed by atoms with Gasteiger partial charge in [0.2, 0.25) is 0 Å². The maximum atomic E-state index is 12.5. The van der Waals surface area contributed by atoms with Gasteiger partial charge in [-0.2, -0.15) is 0 Å². The molecular weight excluding hydrogens is 404 g/mol. The summed E-state index contributed by atoms with van der Waals surface area (Å²) in [6.07, 6.45) is 3.69. The number of aromatic amines is 1. The summed E-state index contributed by atoms with van der Waals surface area (Å²) in [5, 5.41) is 0.0939. The Hall–Kier alpha value is -1.26. The van der Waals surface area contributed by atoms with Gasteiger partial charge in [0.25, 0.3) is 5.56 Å². The molecule has 0 amide bonds. The third kappa shape index (κ3) is 5.13. The normalized spacial score (nSPS) is 30.5. The fraction of sp³-hybridized carbons (Fsp3) is 0.810. The highest BCUT2D eigenvalue weighted by atomic mass is 28.4. The highest BCUT2D eigenvalue weighted by molar-refractivity contribution is 6.74. The minimum atomic E-state index is -1.94. The van der Waals surface area contributed by atoms with Crippen molar-refractivity contribution in [2.45, 2.75) is 95.7 Å². The van der Waals surface area contributed by atoms with Crippen molar-refractivity contribution in [1.29, 1.82) is 0 Å². The lowest BCUT2D eigenvalue weighted by atomic mass is 9.99. The average molecular weight is 441 g/mol. The van der Waals surface area contributed by atoms with Crippen molar-refractivity contribution >= 4 is 8.32 Å². The van der Waals surface area contributed by atoms with E-state index < -0.39 is 31.4 Å². The molecule has 170 valence electrons. The molecule has 0 radical (unpaired) electrons. The topological polar surface area (TPSA) is 91.8 Å². The van der Waals surface area contributed by atoms with E-state index in [2.05, 4.69) is 38.8 Å². The van der Waals surface area contributed by atoms with Gasteiger partial charge in [-0.25, -0.2) is 4.79 Å². The Morgan fingerprint density at radius 1 is 1.30 bits per heavy atom. The Labute approximate surface area is 179 Å². The average Bonchev–Trinajstić information content (AvgIpc) is 2.96. The zero-order valence-corrected chi connectivity index (χ0v) is 20.0. The highest BCUT2D eigenvalue weighted by Crippen LogP contribution is 2.43. The summed E-state index contributed by atoms with van der Waals surface area (Å²) in [6, 6.07) is 1.32. The van der Waals surface area contributed by atoms with E-state index >= 15 is 0 Å². The number of nitrogens with zero attached hydrogens (tertiary/aromatic N) is 1. The van der Waals surface area contributed by atoms with E-state index in [0.717, 1.165) is 19.3 Å². The van der Waals surface area contributed by atoms with Gasteiger partial charge in [0, 0.05) is 25.3 Å². The summed E-state index contributed by atoms with van der Waals surface area (Å²) >= 11 is 0. The number of hydrogen-bond donors (Lipinski definition) is 1. The van der Waals surface area contributed by atoms with Crippen molar-refractivity contribution in [2.75, 3.05) is 13.2 Å². The van der Waals surface area contributed by atoms with Crippen molar-refractivity contribution in [3.05, 3.63) is 33.1 Å². The van der Waals surface area contributed by atoms with Gasteiger partial charge in [0.1, 0.15) is 5.60 Å². The van der Waals surface area contributed by atoms with Crippen molar-refractivity contribution in [1.82, 2.24) is 9.55 Å². The maximum absolute atomic E-state index is 12.5. The molecule has 0 saturated carbocycles. The van der Waals surface area contributed by atoms with Crippen LogP contribution in [-0.4, -0.2) is 49.1 Å². The lowest BCUT2D eigenvalue weighted by Gasteiger charge is -2.37. The van der Waals surface area contributed by atoms with Gasteiger partial charge in [0.05, 0.1) is 12.7 Å². The van der Waals surface area contributed by atoms with Crippen LogP contribution in [0.25, 0.3) is 0 Å². The lowest BCUT2D eigenvalue weighted by molar-refractivity contribution is -0.242. The first-order valence-corrected chi connectivity index (χ1v) is 13.7. The lowest BCUT2D eigenvalue weighted by Crippen LogP contribution is -2.44. The van der Waals surface area contributed by atoms with Gasteiger partial charge in [-0.1, -0.05) is 20.8 Å². The van der Waals surface area contributed by atoms with Gasteiger partial charge in [-0.3, -0.25) is 14.3 Å². The minimum Gasteiger partial charge on any atom is -0.414 e. The maximum Gasteiger partial charge on any atom is 0.330 e. The number of nitrogens with one attached hydrogen (secondary N) is 1. The van der Waals surface area contributed by atoms with Crippen molar-refractivity contribution < 1.29 is 18.6 Å². The summed E-state index contributed by atoms with van der Waals surface area (Å²) in [5.74, 6) is 0. The largest absolute Gasteiger partial charge is 0.414 e. The van der Waals surface area contributed by atoms with Crippen LogP contribution < -0.4 is 11.2 Å². The van der Waals surface area contributed by atoms with Gasteiger partial charge < -0.3 is 18.6 Å². The summed E-state index contributed by atoms with van der Waals surface area (Å²) in [5.41, 5.74) is -1.74. The van der Waals surface area contributed by atoms with Crippen LogP contribution in [0.2, 0.25) is 18.1 Å². The molecule has 3 heterocycles. The van der Waals surface area contributed by atoms with Gasteiger partial charge >= 0.3 is 5.69 Å². The van der Waals surface area contributed by atoms with E-state index in [0.29, 0.717) is 19.6 Å². The molecule has 2 aliphatic heterocycles. The Morgan fingerprint density at radius 2 is 2.03 bits per heavy atom. The summed E-state index contributed by atoms with van der Waals surface area (Å²) in [6.45, 7) is 14.1. The van der Waals surface area contributed by atoms with Crippen LogP contribution in [0.1, 0.15) is 59.6 Å². The molecule has 2 fully saturated rings. The summed E-state index contributed by atoms with van der Waals surface area (Å²) in [7, 11) is -1.94. The highest BCUT2D eigenvalue weighted by Gasteiger charge is 2.50. The fourth-order valence-electron chi connectivity index (χ4n) is 3.73. The molecule has 0 bridgehead atoms. The number of hydrogen-bond acceptors (Lipinski definition) is 6. The summed E-state index contributed by atoms with van der Waals surface area (Å²) < 4.78 is 26.2. The van der Waals surface area contributed by atoms with Crippen molar-refractivity contribution in [3.63, 3.8) is 0 Å². The molecule has 30 heavy (non-hydrogen) atoms. The third-order valence-electron chi connectivity index (χ3n) is 6.56. The van der Waals surface area contributed by atoms with Gasteiger partial charge in [-0.05, 0) is 44.3 Å². The molecule has 0 spiro atoms. The molecule has 9 heteroatoms. The second kappa shape index (κ2) is 8.70. The molecule has 3 rings (SSSR count). The third-order valence-corrected chi connectivity index (χ3v) is 11.1. The second-order valence-electron chi connectivity index (χ2n) is 10.1. The molecule has 2 saturated heterocycles. The van der Waals surface area contributed by atoms with Crippen LogP contribution >= 0.6 is 0 Å². The van der Waals surface area contributed by atoms with Crippen molar-refractivity contribution in [2.24, 2.45) is 0 Å². The molecule has 0 aromatic carbocycles. The Morgan fingerprint density at radius 3 is 2.63 bits per heavy atom. The van der Waals surface area contributed by atoms with Crippen LogP contribution in [0.15, 0.2) is 21.9 Å².